The minimum atomic E-state index is -0.430. The summed E-state index contributed by atoms with van der Waals surface area (Å²) in [7, 11) is 0. The molecule has 0 aromatic heterocycles. The average Bonchev–Trinajstić information content (AvgIpc) is 2.85. The fourth-order valence-corrected chi connectivity index (χ4v) is 1.31. The highest BCUT2D eigenvalue weighted by atomic mass is 16.6. The van der Waals surface area contributed by atoms with Gasteiger partial charge in [-0.2, -0.15) is 0 Å². The van der Waals surface area contributed by atoms with Gasteiger partial charge in [-0.05, 0) is 33.6 Å². The van der Waals surface area contributed by atoms with E-state index in [0.717, 1.165) is 12.8 Å². The molecule has 1 amide bonds. The van der Waals surface area contributed by atoms with Gasteiger partial charge in [-0.15, -0.1) is 12.3 Å². The van der Waals surface area contributed by atoms with Crippen molar-refractivity contribution in [1.82, 2.24) is 4.90 Å². The lowest BCUT2D eigenvalue weighted by Gasteiger charge is -2.26. The summed E-state index contributed by atoms with van der Waals surface area (Å²) in [6.07, 6.45) is 7.70. The molecule has 3 nitrogen and oxygen atoms in total. The zero-order chi connectivity index (χ0) is 11.5. The van der Waals surface area contributed by atoms with Crippen LogP contribution < -0.4 is 0 Å². The number of hydrogen-bond acceptors (Lipinski definition) is 2. The van der Waals surface area contributed by atoms with Crippen LogP contribution in [0.15, 0.2) is 0 Å². The molecule has 0 saturated heterocycles. The largest absolute Gasteiger partial charge is 0.444 e. The summed E-state index contributed by atoms with van der Waals surface area (Å²) < 4.78 is 5.32. The molecule has 0 aromatic carbocycles. The van der Waals surface area contributed by atoms with Crippen molar-refractivity contribution in [1.29, 1.82) is 0 Å². The van der Waals surface area contributed by atoms with Crippen molar-refractivity contribution in [2.75, 3.05) is 6.54 Å². The van der Waals surface area contributed by atoms with Crippen LogP contribution >= 0.6 is 0 Å². The molecular formula is C12H19NO2. The SMILES string of the molecule is C#CCCN(C(=O)OC(C)(C)C)C1CC1. The highest BCUT2D eigenvalue weighted by molar-refractivity contribution is 5.69. The predicted octanol–water partition coefficient (Wildman–Crippen LogP) is 2.41. The molecule has 1 aliphatic rings. The molecule has 1 rings (SSSR count). The van der Waals surface area contributed by atoms with Crippen molar-refractivity contribution in [3.8, 4) is 12.3 Å². The summed E-state index contributed by atoms with van der Waals surface area (Å²) >= 11 is 0. The van der Waals surface area contributed by atoms with Crippen LogP contribution in [0.2, 0.25) is 0 Å². The van der Waals surface area contributed by atoms with E-state index >= 15 is 0 Å². The van der Waals surface area contributed by atoms with Crippen LogP contribution in [0.1, 0.15) is 40.0 Å². The van der Waals surface area contributed by atoms with E-state index in [1.54, 1.807) is 4.90 Å². The van der Waals surface area contributed by atoms with E-state index in [0.29, 0.717) is 19.0 Å². The summed E-state index contributed by atoms with van der Waals surface area (Å²) in [4.78, 5) is 13.5. The third-order valence-electron chi connectivity index (χ3n) is 2.11. The van der Waals surface area contributed by atoms with E-state index in [2.05, 4.69) is 5.92 Å². The van der Waals surface area contributed by atoms with E-state index in [4.69, 9.17) is 11.2 Å². The molecule has 0 unspecified atom stereocenters. The van der Waals surface area contributed by atoms with Crippen LogP contribution in [0.4, 0.5) is 4.79 Å². The van der Waals surface area contributed by atoms with Gasteiger partial charge in [0.25, 0.3) is 0 Å². The lowest BCUT2D eigenvalue weighted by molar-refractivity contribution is 0.0238. The molecule has 1 aliphatic carbocycles. The molecule has 0 bridgehead atoms. The fraction of sp³-hybridized carbons (Fsp3) is 0.750. The summed E-state index contributed by atoms with van der Waals surface area (Å²) in [5.74, 6) is 2.55. The number of terminal acetylenes is 1. The maximum Gasteiger partial charge on any atom is 0.410 e. The number of ether oxygens (including phenoxy) is 1. The van der Waals surface area contributed by atoms with Crippen molar-refractivity contribution < 1.29 is 9.53 Å². The van der Waals surface area contributed by atoms with E-state index in [1.807, 2.05) is 20.8 Å². The second kappa shape index (κ2) is 4.57. The van der Waals surface area contributed by atoms with Gasteiger partial charge in [0.15, 0.2) is 0 Å². The zero-order valence-electron chi connectivity index (χ0n) is 9.75. The van der Waals surface area contributed by atoms with Crippen molar-refractivity contribution in [2.24, 2.45) is 0 Å². The molecule has 1 saturated carbocycles. The standard InChI is InChI=1S/C12H19NO2/c1-5-6-9-13(10-7-8-10)11(14)15-12(2,3)4/h1,10H,6-9H2,2-4H3. The van der Waals surface area contributed by atoms with Crippen LogP contribution in [-0.2, 0) is 4.74 Å². The van der Waals surface area contributed by atoms with Gasteiger partial charge in [-0.25, -0.2) is 4.79 Å². The summed E-state index contributed by atoms with van der Waals surface area (Å²) in [6.45, 7) is 6.22. The Hall–Kier alpha value is -1.17. The number of amides is 1. The number of nitrogens with zero attached hydrogens (tertiary/aromatic N) is 1. The maximum atomic E-state index is 11.8. The first kappa shape index (κ1) is 11.9. The van der Waals surface area contributed by atoms with Crippen LogP contribution in [0.3, 0.4) is 0 Å². The topological polar surface area (TPSA) is 29.5 Å². The molecule has 0 aromatic rings. The number of carbonyl (C=O) groups excluding carboxylic acids is 1. The first-order valence-electron chi connectivity index (χ1n) is 5.37. The Morgan fingerprint density at radius 2 is 2.13 bits per heavy atom. The van der Waals surface area contributed by atoms with Crippen molar-refractivity contribution in [2.45, 2.75) is 51.7 Å². The average molecular weight is 209 g/mol. The smallest absolute Gasteiger partial charge is 0.410 e. The monoisotopic (exact) mass is 209 g/mol. The minimum absolute atomic E-state index is 0.236. The van der Waals surface area contributed by atoms with Gasteiger partial charge >= 0.3 is 6.09 Å². The highest BCUT2D eigenvalue weighted by Gasteiger charge is 2.34. The molecule has 3 heteroatoms. The molecule has 1 fully saturated rings. The third-order valence-corrected chi connectivity index (χ3v) is 2.11. The number of rotatable bonds is 3. The molecule has 15 heavy (non-hydrogen) atoms. The van der Waals surface area contributed by atoms with Gasteiger partial charge in [0, 0.05) is 19.0 Å². The predicted molar refractivity (Wildman–Crippen MR) is 59.4 cm³/mol. The third kappa shape index (κ3) is 4.24. The lowest BCUT2D eigenvalue weighted by atomic mass is 10.2. The Bertz CT molecular complexity index is 268. The van der Waals surface area contributed by atoms with Gasteiger partial charge in [-0.1, -0.05) is 0 Å². The Morgan fingerprint density at radius 3 is 2.53 bits per heavy atom. The van der Waals surface area contributed by atoms with Crippen LogP contribution in [-0.4, -0.2) is 29.2 Å². The molecule has 0 spiro atoms. The van der Waals surface area contributed by atoms with Gasteiger partial charge < -0.3 is 9.64 Å². The first-order chi connectivity index (χ1) is 6.94. The molecule has 0 radical (unpaired) electrons. The Kier molecular flexibility index (Phi) is 3.62. The van der Waals surface area contributed by atoms with Gasteiger partial charge in [0.2, 0.25) is 0 Å². The van der Waals surface area contributed by atoms with E-state index in [9.17, 15) is 4.79 Å². The Morgan fingerprint density at radius 1 is 1.53 bits per heavy atom. The first-order valence-corrected chi connectivity index (χ1v) is 5.37. The minimum Gasteiger partial charge on any atom is -0.444 e. The van der Waals surface area contributed by atoms with Crippen LogP contribution in [0, 0.1) is 12.3 Å². The zero-order valence-corrected chi connectivity index (χ0v) is 9.75. The Balaban J connectivity index is 2.48. The van der Waals surface area contributed by atoms with Gasteiger partial charge in [0.05, 0.1) is 0 Å². The molecule has 0 atom stereocenters. The number of carbonyl (C=O) groups is 1. The molecule has 84 valence electrons. The molecule has 0 N–H and O–H groups in total. The quantitative estimate of drug-likeness (QED) is 0.668. The van der Waals surface area contributed by atoms with Gasteiger partial charge in [0.1, 0.15) is 5.60 Å². The van der Waals surface area contributed by atoms with Gasteiger partial charge in [-0.3, -0.25) is 0 Å². The molecule has 0 aliphatic heterocycles. The van der Waals surface area contributed by atoms with Crippen molar-refractivity contribution in [3.05, 3.63) is 0 Å². The van der Waals surface area contributed by atoms with E-state index in [-0.39, 0.29) is 6.09 Å². The summed E-state index contributed by atoms with van der Waals surface area (Å²) in [6, 6.07) is 0.355. The van der Waals surface area contributed by atoms with E-state index in [1.165, 1.54) is 0 Å². The molecular weight excluding hydrogens is 190 g/mol. The maximum absolute atomic E-state index is 11.8. The summed E-state index contributed by atoms with van der Waals surface area (Å²) in [5, 5.41) is 0. The summed E-state index contributed by atoms with van der Waals surface area (Å²) in [5.41, 5.74) is -0.430. The second-order valence-electron chi connectivity index (χ2n) is 4.86. The fourth-order valence-electron chi connectivity index (χ4n) is 1.31. The normalized spacial score (nSPS) is 15.6. The van der Waals surface area contributed by atoms with Crippen LogP contribution in [0.5, 0.6) is 0 Å². The second-order valence-corrected chi connectivity index (χ2v) is 4.86. The van der Waals surface area contributed by atoms with Crippen LogP contribution in [0.25, 0.3) is 0 Å². The van der Waals surface area contributed by atoms with Crippen molar-refractivity contribution in [3.63, 3.8) is 0 Å². The Labute approximate surface area is 91.8 Å². The van der Waals surface area contributed by atoms with Crippen molar-refractivity contribution >= 4 is 6.09 Å². The van der Waals surface area contributed by atoms with E-state index < -0.39 is 5.60 Å². The highest BCUT2D eigenvalue weighted by Crippen LogP contribution is 2.28. The number of hydrogen-bond donors (Lipinski definition) is 0. The molecule has 0 heterocycles. The lowest BCUT2D eigenvalue weighted by Crippen LogP contribution is -2.38.